The molecule has 142 valence electrons. The number of aromatic carboxylic acids is 1. The molecule has 0 atom stereocenters. The Kier molecular flexibility index (Phi) is 5.35. The molecule has 28 heavy (non-hydrogen) atoms. The lowest BCUT2D eigenvalue weighted by Crippen LogP contribution is -2.27. The zero-order valence-electron chi connectivity index (χ0n) is 15.6. The smallest absolute Gasteiger partial charge is 0.337 e. The second-order valence-corrected chi connectivity index (χ2v) is 7.05. The lowest BCUT2D eigenvalue weighted by molar-refractivity contribution is 0.0695. The molecule has 0 bridgehead atoms. The van der Waals surface area contributed by atoms with Gasteiger partial charge in [-0.1, -0.05) is 36.4 Å². The standard InChI is InChI=1S/C23H23N3O2/c27-23(28)20-15-21(26-22(20)17-8-11-24-12-9-17)18-10-13-25-19(14-18)7-6-16-4-2-1-3-5-16/h1-7,10,13-15,17,24,26H,8-9,11-12H2,(H,27,28)/b7-6+. The van der Waals surface area contributed by atoms with Crippen LogP contribution in [0.25, 0.3) is 23.4 Å². The number of aromatic nitrogens is 2. The number of hydrogen-bond acceptors (Lipinski definition) is 3. The van der Waals surface area contributed by atoms with Gasteiger partial charge in [-0.15, -0.1) is 0 Å². The van der Waals surface area contributed by atoms with Crippen LogP contribution in [0.15, 0.2) is 54.7 Å². The average molecular weight is 373 g/mol. The maximum Gasteiger partial charge on any atom is 0.337 e. The summed E-state index contributed by atoms with van der Waals surface area (Å²) in [6, 6.07) is 15.7. The number of hydrogen-bond donors (Lipinski definition) is 3. The third-order valence-corrected chi connectivity index (χ3v) is 5.16. The van der Waals surface area contributed by atoms with Crippen molar-refractivity contribution in [2.45, 2.75) is 18.8 Å². The normalized spacial score (nSPS) is 15.1. The summed E-state index contributed by atoms with van der Waals surface area (Å²) in [7, 11) is 0. The summed E-state index contributed by atoms with van der Waals surface area (Å²) in [6.07, 6.45) is 7.63. The molecule has 5 heteroatoms. The van der Waals surface area contributed by atoms with Gasteiger partial charge in [0.2, 0.25) is 0 Å². The molecule has 3 aromatic rings. The Labute approximate surface area is 164 Å². The summed E-state index contributed by atoms with van der Waals surface area (Å²) in [5, 5.41) is 13.0. The minimum atomic E-state index is -0.880. The van der Waals surface area contributed by atoms with Crippen LogP contribution in [0.5, 0.6) is 0 Å². The molecule has 1 aromatic carbocycles. The number of benzene rings is 1. The highest BCUT2D eigenvalue weighted by molar-refractivity contribution is 5.91. The Morgan fingerprint density at radius 1 is 1.07 bits per heavy atom. The SMILES string of the molecule is O=C(O)c1cc(-c2ccnc(/C=C/c3ccccc3)c2)[nH]c1C1CCNCC1. The van der Waals surface area contributed by atoms with E-state index < -0.39 is 5.97 Å². The molecule has 0 spiro atoms. The van der Waals surface area contributed by atoms with Gasteiger partial charge in [0.15, 0.2) is 0 Å². The number of nitrogens with zero attached hydrogens (tertiary/aromatic N) is 1. The van der Waals surface area contributed by atoms with E-state index in [2.05, 4.69) is 15.3 Å². The van der Waals surface area contributed by atoms with Gasteiger partial charge in [0, 0.05) is 29.1 Å². The van der Waals surface area contributed by atoms with E-state index in [-0.39, 0.29) is 5.92 Å². The van der Waals surface area contributed by atoms with E-state index in [0.29, 0.717) is 5.56 Å². The number of rotatable bonds is 5. The van der Waals surface area contributed by atoms with Crippen LogP contribution in [0.2, 0.25) is 0 Å². The molecule has 1 aliphatic rings. The lowest BCUT2D eigenvalue weighted by Gasteiger charge is -2.22. The molecule has 3 N–H and O–H groups in total. The first kappa shape index (κ1) is 18.2. The van der Waals surface area contributed by atoms with E-state index in [1.165, 1.54) is 0 Å². The molecule has 3 heterocycles. The predicted molar refractivity (Wildman–Crippen MR) is 111 cm³/mol. The van der Waals surface area contributed by atoms with Gasteiger partial charge in [0.25, 0.3) is 0 Å². The van der Waals surface area contributed by atoms with Crippen molar-refractivity contribution in [2.24, 2.45) is 0 Å². The molecule has 2 aromatic heterocycles. The maximum absolute atomic E-state index is 11.8. The average Bonchev–Trinajstić information content (AvgIpc) is 3.20. The van der Waals surface area contributed by atoms with Crippen molar-refractivity contribution in [1.82, 2.24) is 15.3 Å². The number of carboxylic acid groups (broad SMARTS) is 1. The van der Waals surface area contributed by atoms with Crippen molar-refractivity contribution in [3.63, 3.8) is 0 Å². The van der Waals surface area contributed by atoms with Crippen LogP contribution in [-0.4, -0.2) is 34.1 Å². The van der Waals surface area contributed by atoms with E-state index in [0.717, 1.165) is 54.1 Å². The third kappa shape index (κ3) is 4.05. The quantitative estimate of drug-likeness (QED) is 0.619. The van der Waals surface area contributed by atoms with Crippen molar-refractivity contribution in [2.75, 3.05) is 13.1 Å². The van der Waals surface area contributed by atoms with Crippen molar-refractivity contribution >= 4 is 18.1 Å². The zero-order valence-corrected chi connectivity index (χ0v) is 15.6. The molecule has 0 unspecified atom stereocenters. The molecule has 4 rings (SSSR count). The Bertz CT molecular complexity index is 986. The monoisotopic (exact) mass is 373 g/mol. The van der Waals surface area contributed by atoms with Crippen LogP contribution >= 0.6 is 0 Å². The highest BCUT2D eigenvalue weighted by Gasteiger charge is 2.24. The van der Waals surface area contributed by atoms with Gasteiger partial charge < -0.3 is 15.4 Å². The van der Waals surface area contributed by atoms with E-state index in [1.54, 1.807) is 12.3 Å². The van der Waals surface area contributed by atoms with Crippen LogP contribution < -0.4 is 5.32 Å². The number of piperidine rings is 1. The van der Waals surface area contributed by atoms with Gasteiger partial charge in [-0.05, 0) is 55.8 Å². The van der Waals surface area contributed by atoms with Gasteiger partial charge >= 0.3 is 5.97 Å². The summed E-state index contributed by atoms with van der Waals surface area (Å²) in [5.74, 6) is -0.630. The van der Waals surface area contributed by atoms with E-state index in [4.69, 9.17) is 0 Å². The number of pyridine rings is 1. The Balaban J connectivity index is 1.64. The fourth-order valence-corrected chi connectivity index (χ4v) is 3.69. The van der Waals surface area contributed by atoms with Crippen LogP contribution in [0, 0.1) is 0 Å². The summed E-state index contributed by atoms with van der Waals surface area (Å²) >= 11 is 0. The van der Waals surface area contributed by atoms with E-state index >= 15 is 0 Å². The summed E-state index contributed by atoms with van der Waals surface area (Å²) < 4.78 is 0. The van der Waals surface area contributed by atoms with Gasteiger partial charge in [-0.3, -0.25) is 4.98 Å². The Hall–Kier alpha value is -3.18. The molecule has 0 saturated carbocycles. The number of carbonyl (C=O) groups is 1. The molecular weight excluding hydrogens is 350 g/mol. The minimum absolute atomic E-state index is 0.250. The molecule has 1 saturated heterocycles. The third-order valence-electron chi connectivity index (χ3n) is 5.16. The number of nitrogens with one attached hydrogen (secondary N) is 2. The topological polar surface area (TPSA) is 78.0 Å². The molecule has 5 nitrogen and oxygen atoms in total. The zero-order chi connectivity index (χ0) is 19.3. The maximum atomic E-state index is 11.8. The van der Waals surface area contributed by atoms with Crippen molar-refractivity contribution < 1.29 is 9.90 Å². The number of aromatic amines is 1. The van der Waals surface area contributed by atoms with Crippen molar-refractivity contribution in [3.05, 3.63) is 77.2 Å². The molecular formula is C23H23N3O2. The second kappa shape index (κ2) is 8.23. The molecule has 1 aliphatic heterocycles. The number of carboxylic acids is 1. The first-order chi connectivity index (χ1) is 13.7. The first-order valence-corrected chi connectivity index (χ1v) is 9.57. The fourth-order valence-electron chi connectivity index (χ4n) is 3.69. The minimum Gasteiger partial charge on any atom is -0.478 e. The summed E-state index contributed by atoms with van der Waals surface area (Å²) in [4.78, 5) is 19.6. The fraction of sp³-hybridized carbons (Fsp3) is 0.217. The predicted octanol–water partition coefficient (Wildman–Crippen LogP) is 4.41. The molecule has 1 fully saturated rings. The number of H-pyrrole nitrogens is 1. The van der Waals surface area contributed by atoms with Crippen LogP contribution in [-0.2, 0) is 0 Å². The second-order valence-electron chi connectivity index (χ2n) is 7.05. The summed E-state index contributed by atoms with van der Waals surface area (Å²) in [6.45, 7) is 1.84. The molecule has 0 aliphatic carbocycles. The lowest BCUT2D eigenvalue weighted by atomic mass is 9.92. The van der Waals surface area contributed by atoms with Gasteiger partial charge in [-0.2, -0.15) is 0 Å². The molecule has 0 amide bonds. The van der Waals surface area contributed by atoms with Crippen LogP contribution in [0.3, 0.4) is 0 Å². The Morgan fingerprint density at radius 3 is 2.61 bits per heavy atom. The highest BCUT2D eigenvalue weighted by atomic mass is 16.4. The van der Waals surface area contributed by atoms with E-state index in [1.807, 2.05) is 54.6 Å². The van der Waals surface area contributed by atoms with Crippen LogP contribution in [0.4, 0.5) is 0 Å². The van der Waals surface area contributed by atoms with Gasteiger partial charge in [0.1, 0.15) is 0 Å². The van der Waals surface area contributed by atoms with Crippen molar-refractivity contribution in [3.8, 4) is 11.3 Å². The largest absolute Gasteiger partial charge is 0.478 e. The van der Waals surface area contributed by atoms with Crippen LogP contribution in [0.1, 0.15) is 46.1 Å². The first-order valence-electron chi connectivity index (χ1n) is 9.57. The Morgan fingerprint density at radius 2 is 1.86 bits per heavy atom. The van der Waals surface area contributed by atoms with Crippen molar-refractivity contribution in [1.29, 1.82) is 0 Å². The van der Waals surface area contributed by atoms with Gasteiger partial charge in [-0.25, -0.2) is 4.79 Å². The highest BCUT2D eigenvalue weighted by Crippen LogP contribution is 2.31. The summed E-state index contributed by atoms with van der Waals surface area (Å²) in [5.41, 5.74) is 4.91. The van der Waals surface area contributed by atoms with Gasteiger partial charge in [0.05, 0.1) is 11.3 Å². The molecule has 0 radical (unpaired) electrons. The van der Waals surface area contributed by atoms with E-state index in [9.17, 15) is 9.90 Å².